The van der Waals surface area contributed by atoms with E-state index in [2.05, 4.69) is 5.16 Å². The second-order valence-electron chi connectivity index (χ2n) is 8.51. The fourth-order valence-electron chi connectivity index (χ4n) is 4.45. The molecule has 5 rings (SSSR count). The smallest absolute Gasteiger partial charge is 0.241 e. The number of aromatic nitrogens is 1. The lowest BCUT2D eigenvalue weighted by Crippen LogP contribution is -2.42. The second-order valence-corrected chi connectivity index (χ2v) is 8.51. The van der Waals surface area contributed by atoms with Crippen molar-refractivity contribution in [1.82, 2.24) is 15.0 Å². The molecule has 2 aliphatic heterocycles. The van der Waals surface area contributed by atoms with Crippen LogP contribution in [-0.4, -0.2) is 46.5 Å². The Kier molecular flexibility index (Phi) is 5.53. The number of hydrogen-bond donors (Lipinski definition) is 0. The second kappa shape index (κ2) is 8.66. The first-order valence-corrected chi connectivity index (χ1v) is 10.9. The number of nitrogens with zero attached hydrogens (tertiary/aromatic N) is 3. The number of carbonyl (C=O) groups is 3. The maximum absolute atomic E-state index is 13.8. The van der Waals surface area contributed by atoms with Crippen LogP contribution in [0.2, 0.25) is 0 Å². The quantitative estimate of drug-likeness (QED) is 0.499. The van der Waals surface area contributed by atoms with Gasteiger partial charge in [0.2, 0.25) is 24.5 Å². The van der Waals surface area contributed by atoms with Crippen LogP contribution in [0.15, 0.2) is 65.4 Å². The third kappa shape index (κ3) is 3.89. The summed E-state index contributed by atoms with van der Waals surface area (Å²) in [6.07, 6.45) is 1.23. The number of rotatable bonds is 7. The van der Waals surface area contributed by atoms with Gasteiger partial charge in [-0.25, -0.2) is 0 Å². The van der Waals surface area contributed by atoms with E-state index in [4.69, 9.17) is 14.0 Å². The van der Waals surface area contributed by atoms with E-state index >= 15 is 0 Å². The first-order chi connectivity index (χ1) is 16.5. The Bertz CT molecular complexity index is 1230. The summed E-state index contributed by atoms with van der Waals surface area (Å²) in [7, 11) is 1.64. The molecule has 1 fully saturated rings. The zero-order valence-electron chi connectivity index (χ0n) is 18.6. The number of carbonyl (C=O) groups excluding carboxylic acids is 3. The molecular formula is C25H23N3O6. The van der Waals surface area contributed by atoms with Crippen LogP contribution in [0.25, 0.3) is 0 Å². The van der Waals surface area contributed by atoms with Crippen molar-refractivity contribution in [3.8, 4) is 11.5 Å². The predicted molar refractivity (Wildman–Crippen MR) is 118 cm³/mol. The van der Waals surface area contributed by atoms with E-state index < -0.39 is 5.41 Å². The Morgan fingerprint density at radius 2 is 1.88 bits per heavy atom. The topological polar surface area (TPSA) is 102 Å². The molecule has 9 nitrogen and oxygen atoms in total. The van der Waals surface area contributed by atoms with Crippen molar-refractivity contribution in [3.63, 3.8) is 0 Å². The summed E-state index contributed by atoms with van der Waals surface area (Å²) in [4.78, 5) is 42.8. The van der Waals surface area contributed by atoms with Crippen molar-refractivity contribution < 1.29 is 28.4 Å². The Balaban J connectivity index is 1.42. The van der Waals surface area contributed by atoms with Crippen molar-refractivity contribution >= 4 is 17.7 Å². The maximum Gasteiger partial charge on any atom is 0.241 e. The average Bonchev–Trinajstić information content (AvgIpc) is 3.57. The highest BCUT2D eigenvalue weighted by molar-refractivity contribution is 6.10. The fourth-order valence-corrected chi connectivity index (χ4v) is 4.45. The van der Waals surface area contributed by atoms with Crippen LogP contribution in [0.3, 0.4) is 0 Å². The maximum atomic E-state index is 13.8. The molecule has 0 aliphatic carbocycles. The first-order valence-electron chi connectivity index (χ1n) is 10.9. The molecule has 0 saturated carbocycles. The molecular weight excluding hydrogens is 438 g/mol. The van der Waals surface area contributed by atoms with Gasteiger partial charge in [-0.05, 0) is 23.3 Å². The molecule has 0 radical (unpaired) electrons. The molecule has 1 saturated heterocycles. The number of likely N-dealkylation sites (tertiary alicyclic amines) is 1. The van der Waals surface area contributed by atoms with Crippen LogP contribution >= 0.6 is 0 Å². The summed E-state index contributed by atoms with van der Waals surface area (Å²) in [5, 5.41) is 3.84. The minimum absolute atomic E-state index is 0.0794. The van der Waals surface area contributed by atoms with E-state index in [-0.39, 0.29) is 50.4 Å². The van der Waals surface area contributed by atoms with E-state index in [0.29, 0.717) is 22.8 Å². The van der Waals surface area contributed by atoms with Crippen LogP contribution in [0, 0.1) is 0 Å². The van der Waals surface area contributed by atoms with Gasteiger partial charge >= 0.3 is 0 Å². The van der Waals surface area contributed by atoms with Gasteiger partial charge in [-0.15, -0.1) is 0 Å². The van der Waals surface area contributed by atoms with Crippen molar-refractivity contribution in [2.45, 2.75) is 31.3 Å². The van der Waals surface area contributed by atoms with Gasteiger partial charge in [0, 0.05) is 26.0 Å². The lowest BCUT2D eigenvalue weighted by Gasteiger charge is -2.29. The number of imide groups is 1. The number of amides is 3. The predicted octanol–water partition coefficient (Wildman–Crippen LogP) is 2.65. The van der Waals surface area contributed by atoms with Gasteiger partial charge in [-0.2, -0.15) is 0 Å². The Morgan fingerprint density at radius 1 is 1.09 bits per heavy atom. The third-order valence-electron chi connectivity index (χ3n) is 6.28. The van der Waals surface area contributed by atoms with Gasteiger partial charge in [-0.3, -0.25) is 19.3 Å². The van der Waals surface area contributed by atoms with Crippen LogP contribution in [-0.2, 0) is 32.9 Å². The zero-order valence-corrected chi connectivity index (χ0v) is 18.6. The van der Waals surface area contributed by atoms with E-state index in [1.165, 1.54) is 16.1 Å². The van der Waals surface area contributed by atoms with Crippen LogP contribution in [0.1, 0.15) is 29.7 Å². The molecule has 2 aromatic carbocycles. The molecule has 3 aromatic rings. The highest BCUT2D eigenvalue weighted by atomic mass is 16.7. The summed E-state index contributed by atoms with van der Waals surface area (Å²) in [6.45, 7) is 0.469. The van der Waals surface area contributed by atoms with Gasteiger partial charge in [0.15, 0.2) is 11.5 Å². The molecule has 2 aliphatic rings. The van der Waals surface area contributed by atoms with Crippen LogP contribution in [0.5, 0.6) is 11.5 Å². The highest BCUT2D eigenvalue weighted by Gasteiger charge is 2.54. The molecule has 34 heavy (non-hydrogen) atoms. The summed E-state index contributed by atoms with van der Waals surface area (Å²) in [6, 6.07) is 16.0. The van der Waals surface area contributed by atoms with Gasteiger partial charge in [0.05, 0.1) is 18.5 Å². The number of fused-ring (bicyclic) bond motifs is 1. The van der Waals surface area contributed by atoms with Crippen molar-refractivity contribution in [2.75, 3.05) is 13.8 Å². The van der Waals surface area contributed by atoms with Crippen molar-refractivity contribution in [1.29, 1.82) is 0 Å². The number of ether oxygens (including phenoxy) is 2. The summed E-state index contributed by atoms with van der Waals surface area (Å²) in [5.41, 5.74) is 0.709. The summed E-state index contributed by atoms with van der Waals surface area (Å²) >= 11 is 0. The third-order valence-corrected chi connectivity index (χ3v) is 6.28. The largest absolute Gasteiger partial charge is 0.454 e. The standard InChI is InChI=1S/C25H23N3O6/c1-27(15-19-9-10-34-26-19)22(29)12-25(18-5-3-2-4-6-18)13-23(30)28(24(25)31)14-17-7-8-20-21(11-17)33-16-32-20/h2-11H,12-16H2,1H3/t25-/m0/s1. The lowest BCUT2D eigenvalue weighted by atomic mass is 9.75. The number of benzene rings is 2. The lowest BCUT2D eigenvalue weighted by molar-refractivity contribution is -0.143. The highest BCUT2D eigenvalue weighted by Crippen LogP contribution is 2.41. The van der Waals surface area contributed by atoms with E-state index in [1.807, 2.05) is 6.07 Å². The molecule has 0 unspecified atom stereocenters. The molecule has 3 heterocycles. The van der Waals surface area contributed by atoms with E-state index in [0.717, 1.165) is 5.56 Å². The zero-order chi connectivity index (χ0) is 23.7. The summed E-state index contributed by atoms with van der Waals surface area (Å²) in [5.74, 6) is 0.235. The normalized spacial score (nSPS) is 19.0. The molecule has 1 aromatic heterocycles. The van der Waals surface area contributed by atoms with Crippen molar-refractivity contribution in [3.05, 3.63) is 77.7 Å². The van der Waals surface area contributed by atoms with Gasteiger partial charge in [-0.1, -0.05) is 41.6 Å². The minimum atomic E-state index is -1.27. The minimum Gasteiger partial charge on any atom is -0.454 e. The molecule has 9 heteroatoms. The van der Waals surface area contributed by atoms with E-state index in [9.17, 15) is 14.4 Å². The van der Waals surface area contributed by atoms with Crippen LogP contribution < -0.4 is 9.47 Å². The SMILES string of the molecule is CN(Cc1ccon1)C(=O)C[C@@]1(c2ccccc2)CC(=O)N(Cc2ccc3c(c2)OCO3)C1=O. The molecule has 0 spiro atoms. The van der Waals surface area contributed by atoms with E-state index in [1.54, 1.807) is 55.6 Å². The average molecular weight is 461 g/mol. The van der Waals surface area contributed by atoms with Gasteiger partial charge in [0.25, 0.3) is 0 Å². The fraction of sp³-hybridized carbons (Fsp3) is 0.280. The van der Waals surface area contributed by atoms with Gasteiger partial charge in [0.1, 0.15) is 12.0 Å². The Morgan fingerprint density at radius 3 is 2.65 bits per heavy atom. The molecule has 0 bridgehead atoms. The molecule has 174 valence electrons. The van der Waals surface area contributed by atoms with Crippen molar-refractivity contribution in [2.24, 2.45) is 0 Å². The Hall–Kier alpha value is -4.14. The monoisotopic (exact) mass is 461 g/mol. The Labute approximate surface area is 195 Å². The molecule has 3 amide bonds. The molecule has 1 atom stereocenters. The van der Waals surface area contributed by atoms with Gasteiger partial charge < -0.3 is 18.9 Å². The molecule has 0 N–H and O–H groups in total. The summed E-state index contributed by atoms with van der Waals surface area (Å²) < 4.78 is 15.6. The first kappa shape index (κ1) is 21.7. The van der Waals surface area contributed by atoms with Crippen LogP contribution in [0.4, 0.5) is 0 Å². The number of hydrogen-bond acceptors (Lipinski definition) is 7.